The second-order valence-corrected chi connectivity index (χ2v) is 4.40. The zero-order valence-corrected chi connectivity index (χ0v) is 11.6. The van der Waals surface area contributed by atoms with E-state index in [0.717, 1.165) is 17.1 Å². The van der Waals surface area contributed by atoms with E-state index in [4.69, 9.17) is 4.74 Å². The summed E-state index contributed by atoms with van der Waals surface area (Å²) in [5.74, 6) is 0.593. The summed E-state index contributed by atoms with van der Waals surface area (Å²) in [7, 11) is 1.59. The highest BCUT2D eigenvalue weighted by molar-refractivity contribution is 5.42. The van der Waals surface area contributed by atoms with Crippen LogP contribution in [0.4, 0.5) is 5.69 Å². The van der Waals surface area contributed by atoms with E-state index in [2.05, 4.69) is 20.5 Å². The maximum atomic E-state index is 5.02. The van der Waals surface area contributed by atoms with Crippen molar-refractivity contribution in [1.82, 2.24) is 20.0 Å². The monoisotopic (exact) mass is 281 g/mol. The zero-order chi connectivity index (χ0) is 14.5. The van der Waals surface area contributed by atoms with Crippen molar-refractivity contribution < 1.29 is 4.74 Å². The van der Waals surface area contributed by atoms with Gasteiger partial charge in [0.15, 0.2) is 0 Å². The number of rotatable bonds is 5. The number of pyridine rings is 1. The second kappa shape index (κ2) is 6.04. The number of hydrogen-bond acceptors (Lipinski definition) is 5. The zero-order valence-electron chi connectivity index (χ0n) is 11.6. The molecule has 3 rings (SSSR count). The number of aromatic nitrogens is 4. The first-order chi connectivity index (χ1) is 10.3. The lowest BCUT2D eigenvalue weighted by Gasteiger charge is -2.04. The molecule has 6 heteroatoms. The van der Waals surface area contributed by atoms with Crippen LogP contribution in [0.5, 0.6) is 5.88 Å². The molecule has 6 nitrogen and oxygen atoms in total. The third-order valence-electron chi connectivity index (χ3n) is 2.95. The molecule has 0 bridgehead atoms. The third-order valence-corrected chi connectivity index (χ3v) is 2.95. The molecule has 21 heavy (non-hydrogen) atoms. The molecule has 0 radical (unpaired) electrons. The standard InChI is InChI=1S/C15H15N5O/c1-21-15-8-7-12(9-17-15)16-10-13-11-18-20(19-13)14-5-3-2-4-6-14/h2-9,11,16H,10H2,1H3. The van der Waals surface area contributed by atoms with Crippen LogP contribution >= 0.6 is 0 Å². The normalized spacial score (nSPS) is 10.3. The van der Waals surface area contributed by atoms with Crippen LogP contribution in [0.15, 0.2) is 54.9 Å². The highest BCUT2D eigenvalue weighted by Gasteiger charge is 2.02. The van der Waals surface area contributed by atoms with Gasteiger partial charge >= 0.3 is 0 Å². The summed E-state index contributed by atoms with van der Waals surface area (Å²) in [4.78, 5) is 5.75. The molecule has 1 N–H and O–H groups in total. The predicted octanol–water partition coefficient (Wildman–Crippen LogP) is 2.28. The Bertz CT molecular complexity index is 694. The Balaban J connectivity index is 1.64. The van der Waals surface area contributed by atoms with Crippen molar-refractivity contribution in [2.75, 3.05) is 12.4 Å². The maximum absolute atomic E-state index is 5.02. The molecule has 0 amide bonds. The Morgan fingerprint density at radius 3 is 2.67 bits per heavy atom. The van der Waals surface area contributed by atoms with Crippen molar-refractivity contribution >= 4 is 5.69 Å². The van der Waals surface area contributed by atoms with E-state index in [1.54, 1.807) is 24.3 Å². The Hall–Kier alpha value is -2.89. The van der Waals surface area contributed by atoms with Gasteiger partial charge in [-0.05, 0) is 18.2 Å². The molecule has 0 aliphatic rings. The van der Waals surface area contributed by atoms with E-state index in [0.29, 0.717) is 12.4 Å². The lowest BCUT2D eigenvalue weighted by Crippen LogP contribution is -2.03. The molecule has 0 saturated heterocycles. The highest BCUT2D eigenvalue weighted by Crippen LogP contribution is 2.12. The van der Waals surface area contributed by atoms with E-state index >= 15 is 0 Å². The number of benzene rings is 1. The number of anilines is 1. The number of methoxy groups -OCH3 is 1. The van der Waals surface area contributed by atoms with E-state index in [-0.39, 0.29) is 0 Å². The molecule has 106 valence electrons. The molecular formula is C15H15N5O. The lowest BCUT2D eigenvalue weighted by atomic mass is 10.3. The third kappa shape index (κ3) is 3.17. The van der Waals surface area contributed by atoms with Gasteiger partial charge in [-0.2, -0.15) is 15.0 Å². The Morgan fingerprint density at radius 2 is 1.95 bits per heavy atom. The van der Waals surface area contributed by atoms with Crippen molar-refractivity contribution in [3.05, 3.63) is 60.6 Å². The summed E-state index contributed by atoms with van der Waals surface area (Å²) < 4.78 is 5.02. The van der Waals surface area contributed by atoms with Crippen LogP contribution < -0.4 is 10.1 Å². The summed E-state index contributed by atoms with van der Waals surface area (Å²) >= 11 is 0. The largest absolute Gasteiger partial charge is 0.481 e. The Kier molecular flexibility index (Phi) is 3.77. The maximum Gasteiger partial charge on any atom is 0.213 e. The number of hydrogen-bond donors (Lipinski definition) is 1. The lowest BCUT2D eigenvalue weighted by molar-refractivity contribution is 0.398. The molecule has 0 atom stereocenters. The molecule has 2 heterocycles. The average molecular weight is 281 g/mol. The van der Waals surface area contributed by atoms with Gasteiger partial charge in [0.1, 0.15) is 5.69 Å². The van der Waals surface area contributed by atoms with E-state index in [1.807, 2.05) is 42.5 Å². The fourth-order valence-electron chi connectivity index (χ4n) is 1.86. The molecule has 0 spiro atoms. The molecule has 0 fully saturated rings. The van der Waals surface area contributed by atoms with Gasteiger partial charge in [-0.3, -0.25) is 0 Å². The summed E-state index contributed by atoms with van der Waals surface area (Å²) in [5, 5.41) is 11.9. The van der Waals surface area contributed by atoms with Crippen molar-refractivity contribution in [2.24, 2.45) is 0 Å². The molecule has 0 unspecified atom stereocenters. The first kappa shape index (κ1) is 13.1. The van der Waals surface area contributed by atoms with Gasteiger partial charge in [-0.15, -0.1) is 0 Å². The molecule has 3 aromatic rings. The van der Waals surface area contributed by atoms with Crippen LogP contribution in [0, 0.1) is 0 Å². The number of nitrogens with one attached hydrogen (secondary N) is 1. The van der Waals surface area contributed by atoms with Gasteiger partial charge in [0.25, 0.3) is 0 Å². The fraction of sp³-hybridized carbons (Fsp3) is 0.133. The van der Waals surface area contributed by atoms with Crippen LogP contribution in [-0.2, 0) is 6.54 Å². The van der Waals surface area contributed by atoms with Crippen LogP contribution in [0.1, 0.15) is 5.69 Å². The van der Waals surface area contributed by atoms with Gasteiger partial charge in [0, 0.05) is 6.07 Å². The number of ether oxygens (including phenoxy) is 1. The van der Waals surface area contributed by atoms with E-state index < -0.39 is 0 Å². The second-order valence-electron chi connectivity index (χ2n) is 4.40. The predicted molar refractivity (Wildman–Crippen MR) is 79.5 cm³/mol. The van der Waals surface area contributed by atoms with Crippen molar-refractivity contribution in [2.45, 2.75) is 6.54 Å². The fourth-order valence-corrected chi connectivity index (χ4v) is 1.86. The van der Waals surface area contributed by atoms with Crippen molar-refractivity contribution in [1.29, 1.82) is 0 Å². The summed E-state index contributed by atoms with van der Waals surface area (Å²) in [6.07, 6.45) is 3.47. The van der Waals surface area contributed by atoms with Gasteiger partial charge < -0.3 is 10.1 Å². The van der Waals surface area contributed by atoms with E-state index in [1.165, 1.54) is 0 Å². The quantitative estimate of drug-likeness (QED) is 0.777. The van der Waals surface area contributed by atoms with E-state index in [9.17, 15) is 0 Å². The van der Waals surface area contributed by atoms with Crippen LogP contribution in [-0.4, -0.2) is 27.1 Å². The SMILES string of the molecule is COc1ccc(NCc2cnn(-c3ccccc3)n2)cn1. The van der Waals surface area contributed by atoms with Crippen LogP contribution in [0.25, 0.3) is 5.69 Å². The summed E-state index contributed by atoms with van der Waals surface area (Å²) in [6.45, 7) is 0.584. The van der Waals surface area contributed by atoms with Gasteiger partial charge in [-0.25, -0.2) is 4.98 Å². The first-order valence-electron chi connectivity index (χ1n) is 6.56. The topological polar surface area (TPSA) is 64.9 Å². The smallest absolute Gasteiger partial charge is 0.213 e. The van der Waals surface area contributed by atoms with Gasteiger partial charge in [0.05, 0.1) is 37.4 Å². The number of para-hydroxylation sites is 1. The molecule has 2 aromatic heterocycles. The van der Waals surface area contributed by atoms with Gasteiger partial charge in [0.2, 0.25) is 5.88 Å². The molecule has 0 saturated carbocycles. The van der Waals surface area contributed by atoms with Crippen molar-refractivity contribution in [3.63, 3.8) is 0 Å². The minimum atomic E-state index is 0.584. The minimum Gasteiger partial charge on any atom is -0.481 e. The van der Waals surface area contributed by atoms with Gasteiger partial charge in [-0.1, -0.05) is 18.2 Å². The Labute approximate surface area is 122 Å². The minimum absolute atomic E-state index is 0.584. The molecule has 0 aliphatic carbocycles. The van der Waals surface area contributed by atoms with Crippen molar-refractivity contribution in [3.8, 4) is 11.6 Å². The average Bonchev–Trinajstić information content (AvgIpc) is 3.03. The molecule has 1 aromatic carbocycles. The highest BCUT2D eigenvalue weighted by atomic mass is 16.5. The van der Waals surface area contributed by atoms with Crippen LogP contribution in [0.3, 0.4) is 0 Å². The molecular weight excluding hydrogens is 266 g/mol. The summed E-state index contributed by atoms with van der Waals surface area (Å²) in [5.41, 5.74) is 2.70. The molecule has 0 aliphatic heterocycles. The first-order valence-corrected chi connectivity index (χ1v) is 6.56. The Morgan fingerprint density at radius 1 is 1.10 bits per heavy atom. The van der Waals surface area contributed by atoms with Crippen LogP contribution in [0.2, 0.25) is 0 Å². The number of nitrogens with zero attached hydrogens (tertiary/aromatic N) is 4. The summed E-state index contributed by atoms with van der Waals surface area (Å²) in [6, 6.07) is 13.5.